The molecule has 0 fully saturated rings. The van der Waals surface area contributed by atoms with Crippen molar-refractivity contribution in [3.8, 4) is 0 Å². The lowest BCUT2D eigenvalue weighted by molar-refractivity contribution is -0.138. The van der Waals surface area contributed by atoms with Gasteiger partial charge in [-0.15, -0.1) is 0 Å². The fourth-order valence-corrected chi connectivity index (χ4v) is 2.66. The lowest BCUT2D eigenvalue weighted by Gasteiger charge is -2.13. The minimum atomic E-state index is -4.47. The third-order valence-electron chi connectivity index (χ3n) is 2.73. The maximum Gasteiger partial charge on any atom is 0.416 e. The largest absolute Gasteiger partial charge is 0.416 e. The Morgan fingerprint density at radius 3 is 2.10 bits per heavy atom. The standard InChI is InChI=1S/C14H10F5NS/c15-12-4-2-10(6-13(12)16)21-9-1-3-11(14(17,18)19)8(5-9)7-20/h1-6H,7,20H2. The monoisotopic (exact) mass is 319 g/mol. The van der Waals surface area contributed by atoms with Crippen molar-refractivity contribution in [2.45, 2.75) is 22.5 Å². The molecule has 0 aromatic heterocycles. The molecule has 0 aliphatic heterocycles. The normalized spacial score (nSPS) is 11.7. The van der Waals surface area contributed by atoms with E-state index in [0.29, 0.717) is 9.79 Å². The highest BCUT2D eigenvalue weighted by Gasteiger charge is 2.32. The van der Waals surface area contributed by atoms with Crippen LogP contribution < -0.4 is 5.73 Å². The van der Waals surface area contributed by atoms with Crippen molar-refractivity contribution in [2.75, 3.05) is 0 Å². The van der Waals surface area contributed by atoms with Crippen LogP contribution in [0.4, 0.5) is 22.0 Å². The Morgan fingerprint density at radius 2 is 1.52 bits per heavy atom. The van der Waals surface area contributed by atoms with E-state index >= 15 is 0 Å². The molecule has 2 aromatic rings. The zero-order chi connectivity index (χ0) is 15.6. The molecule has 0 aliphatic rings. The number of hydrogen-bond donors (Lipinski definition) is 1. The summed E-state index contributed by atoms with van der Waals surface area (Å²) in [4.78, 5) is 0.853. The van der Waals surface area contributed by atoms with Crippen molar-refractivity contribution in [1.82, 2.24) is 0 Å². The lowest BCUT2D eigenvalue weighted by atomic mass is 10.1. The summed E-state index contributed by atoms with van der Waals surface area (Å²) in [7, 11) is 0. The maximum absolute atomic E-state index is 13.1. The van der Waals surface area contributed by atoms with E-state index in [2.05, 4.69) is 0 Å². The molecule has 2 aromatic carbocycles. The van der Waals surface area contributed by atoms with E-state index in [1.165, 1.54) is 18.2 Å². The lowest BCUT2D eigenvalue weighted by Crippen LogP contribution is -2.11. The molecular weight excluding hydrogens is 309 g/mol. The van der Waals surface area contributed by atoms with Gasteiger partial charge in [0.05, 0.1) is 5.56 Å². The number of halogens is 5. The Balaban J connectivity index is 2.31. The molecule has 0 spiro atoms. The summed E-state index contributed by atoms with van der Waals surface area (Å²) in [5.74, 6) is -1.99. The molecule has 0 radical (unpaired) electrons. The van der Waals surface area contributed by atoms with E-state index in [1.807, 2.05) is 0 Å². The molecule has 2 N–H and O–H groups in total. The third kappa shape index (κ3) is 3.74. The van der Waals surface area contributed by atoms with Gasteiger partial charge in [-0.05, 0) is 42.0 Å². The Kier molecular flexibility index (Phi) is 4.53. The molecule has 0 bridgehead atoms. The first-order chi connectivity index (χ1) is 9.81. The summed E-state index contributed by atoms with van der Waals surface area (Å²) in [6, 6.07) is 6.81. The summed E-state index contributed by atoms with van der Waals surface area (Å²) < 4.78 is 64.1. The van der Waals surface area contributed by atoms with E-state index in [9.17, 15) is 22.0 Å². The van der Waals surface area contributed by atoms with Gasteiger partial charge < -0.3 is 5.73 Å². The van der Waals surface area contributed by atoms with Gasteiger partial charge >= 0.3 is 6.18 Å². The molecular formula is C14H10F5NS. The highest BCUT2D eigenvalue weighted by molar-refractivity contribution is 7.99. The molecule has 2 rings (SSSR count). The van der Waals surface area contributed by atoms with Gasteiger partial charge in [-0.25, -0.2) is 8.78 Å². The van der Waals surface area contributed by atoms with Gasteiger partial charge in [0.25, 0.3) is 0 Å². The van der Waals surface area contributed by atoms with Gasteiger partial charge in [0.15, 0.2) is 11.6 Å². The third-order valence-corrected chi connectivity index (χ3v) is 3.71. The second kappa shape index (κ2) is 6.03. The van der Waals surface area contributed by atoms with Crippen LogP contribution in [0.5, 0.6) is 0 Å². The van der Waals surface area contributed by atoms with Crippen LogP contribution in [0.2, 0.25) is 0 Å². The first-order valence-corrected chi connectivity index (χ1v) is 6.66. The van der Waals surface area contributed by atoms with Gasteiger partial charge in [0.2, 0.25) is 0 Å². The average Bonchev–Trinajstić information content (AvgIpc) is 2.41. The summed E-state index contributed by atoms with van der Waals surface area (Å²) in [6.07, 6.45) is -4.47. The van der Waals surface area contributed by atoms with Gasteiger partial charge in [0.1, 0.15) is 0 Å². The Morgan fingerprint density at radius 1 is 0.905 bits per heavy atom. The van der Waals surface area contributed by atoms with E-state index in [-0.39, 0.29) is 12.1 Å². The number of benzene rings is 2. The fourth-order valence-electron chi connectivity index (χ4n) is 1.76. The van der Waals surface area contributed by atoms with Crippen LogP contribution in [-0.2, 0) is 12.7 Å². The van der Waals surface area contributed by atoms with Gasteiger partial charge in [-0.2, -0.15) is 13.2 Å². The van der Waals surface area contributed by atoms with Gasteiger partial charge in [-0.3, -0.25) is 0 Å². The van der Waals surface area contributed by atoms with Crippen molar-refractivity contribution in [3.63, 3.8) is 0 Å². The molecule has 21 heavy (non-hydrogen) atoms. The molecule has 0 saturated heterocycles. The molecule has 0 saturated carbocycles. The second-order valence-corrected chi connectivity index (χ2v) is 5.35. The van der Waals surface area contributed by atoms with Crippen LogP contribution in [0.15, 0.2) is 46.2 Å². The molecule has 1 nitrogen and oxygen atoms in total. The SMILES string of the molecule is NCc1cc(Sc2ccc(F)c(F)c2)ccc1C(F)(F)F. The van der Waals surface area contributed by atoms with E-state index in [0.717, 1.165) is 30.0 Å². The van der Waals surface area contributed by atoms with Gasteiger partial charge in [-0.1, -0.05) is 11.8 Å². The molecule has 0 aliphatic carbocycles. The van der Waals surface area contributed by atoms with E-state index in [1.54, 1.807) is 0 Å². The highest BCUT2D eigenvalue weighted by Crippen LogP contribution is 2.36. The summed E-state index contributed by atoms with van der Waals surface area (Å²) in [5.41, 5.74) is 4.50. The molecule has 112 valence electrons. The number of alkyl halides is 3. The summed E-state index contributed by atoms with van der Waals surface area (Å²) in [5, 5.41) is 0. The average molecular weight is 319 g/mol. The molecule has 7 heteroatoms. The highest BCUT2D eigenvalue weighted by atomic mass is 32.2. The minimum absolute atomic E-state index is 0.0462. The Bertz CT molecular complexity index is 654. The van der Waals surface area contributed by atoms with Crippen molar-refractivity contribution < 1.29 is 22.0 Å². The van der Waals surface area contributed by atoms with Gasteiger partial charge in [0, 0.05) is 16.3 Å². The topological polar surface area (TPSA) is 26.0 Å². The first-order valence-electron chi connectivity index (χ1n) is 5.84. The number of nitrogens with two attached hydrogens (primary N) is 1. The number of rotatable bonds is 3. The zero-order valence-electron chi connectivity index (χ0n) is 10.5. The van der Waals surface area contributed by atoms with Crippen molar-refractivity contribution in [3.05, 3.63) is 59.2 Å². The van der Waals surface area contributed by atoms with Crippen LogP contribution in [0.3, 0.4) is 0 Å². The minimum Gasteiger partial charge on any atom is -0.326 e. The molecule has 0 atom stereocenters. The fraction of sp³-hybridized carbons (Fsp3) is 0.143. The van der Waals surface area contributed by atoms with Crippen LogP contribution in [0.1, 0.15) is 11.1 Å². The second-order valence-electron chi connectivity index (χ2n) is 4.20. The Hall–Kier alpha value is -1.60. The Labute approximate surface area is 122 Å². The van der Waals surface area contributed by atoms with E-state index < -0.39 is 23.4 Å². The molecule has 0 heterocycles. The zero-order valence-corrected chi connectivity index (χ0v) is 11.4. The number of hydrogen-bond acceptors (Lipinski definition) is 2. The van der Waals surface area contributed by atoms with Crippen molar-refractivity contribution in [2.24, 2.45) is 5.73 Å². The quantitative estimate of drug-likeness (QED) is 0.837. The van der Waals surface area contributed by atoms with E-state index in [4.69, 9.17) is 5.73 Å². The van der Waals surface area contributed by atoms with Crippen LogP contribution in [-0.4, -0.2) is 0 Å². The van der Waals surface area contributed by atoms with Crippen molar-refractivity contribution >= 4 is 11.8 Å². The summed E-state index contributed by atoms with van der Waals surface area (Å²) >= 11 is 1.03. The molecule has 0 unspecified atom stereocenters. The molecule has 0 amide bonds. The summed E-state index contributed by atoms with van der Waals surface area (Å²) in [6.45, 7) is -0.263. The predicted molar refractivity (Wildman–Crippen MR) is 69.8 cm³/mol. The predicted octanol–water partition coefficient (Wildman–Crippen LogP) is 4.59. The first kappa shape index (κ1) is 15.8. The van der Waals surface area contributed by atoms with Crippen LogP contribution in [0, 0.1) is 11.6 Å². The maximum atomic E-state index is 13.1. The smallest absolute Gasteiger partial charge is 0.326 e. The van der Waals surface area contributed by atoms with Crippen LogP contribution >= 0.6 is 11.8 Å². The van der Waals surface area contributed by atoms with Crippen molar-refractivity contribution in [1.29, 1.82) is 0 Å². The van der Waals surface area contributed by atoms with Crippen LogP contribution in [0.25, 0.3) is 0 Å².